The third-order valence-electron chi connectivity index (χ3n) is 2.13. The predicted molar refractivity (Wildman–Crippen MR) is 63.9 cm³/mol. The molecular formula is C12H14N2O4. The third kappa shape index (κ3) is 4.65. The van der Waals surface area contributed by atoms with Crippen LogP contribution in [0.3, 0.4) is 0 Å². The number of rotatable bonds is 5. The summed E-state index contributed by atoms with van der Waals surface area (Å²) in [4.78, 5) is 32.7. The van der Waals surface area contributed by atoms with Gasteiger partial charge in [0.1, 0.15) is 6.54 Å². The SMILES string of the molecule is CC(=O)NCc1cccc(C(=O)NCC(=O)O)c1. The summed E-state index contributed by atoms with van der Waals surface area (Å²) in [6.45, 7) is 1.31. The number of hydrogen-bond acceptors (Lipinski definition) is 3. The second-order valence-electron chi connectivity index (χ2n) is 3.69. The van der Waals surface area contributed by atoms with E-state index in [1.54, 1.807) is 24.3 Å². The molecule has 18 heavy (non-hydrogen) atoms. The highest BCUT2D eigenvalue weighted by Crippen LogP contribution is 2.05. The smallest absolute Gasteiger partial charge is 0.322 e. The molecule has 0 aliphatic heterocycles. The molecule has 6 nitrogen and oxygen atoms in total. The molecule has 0 radical (unpaired) electrons. The first-order chi connectivity index (χ1) is 8.49. The number of nitrogens with one attached hydrogen (secondary N) is 2. The predicted octanol–water partition coefficient (Wildman–Crippen LogP) is 0.137. The minimum absolute atomic E-state index is 0.157. The molecule has 6 heteroatoms. The summed E-state index contributed by atoms with van der Waals surface area (Å²) in [6.07, 6.45) is 0. The van der Waals surface area contributed by atoms with Crippen molar-refractivity contribution in [2.45, 2.75) is 13.5 Å². The number of carboxylic acids is 1. The van der Waals surface area contributed by atoms with Crippen molar-refractivity contribution >= 4 is 17.8 Å². The summed E-state index contributed by atoms with van der Waals surface area (Å²) in [5.41, 5.74) is 1.13. The lowest BCUT2D eigenvalue weighted by molar-refractivity contribution is -0.135. The zero-order valence-corrected chi connectivity index (χ0v) is 9.90. The van der Waals surface area contributed by atoms with Crippen molar-refractivity contribution in [3.05, 3.63) is 35.4 Å². The van der Waals surface area contributed by atoms with Gasteiger partial charge in [-0.3, -0.25) is 14.4 Å². The van der Waals surface area contributed by atoms with Crippen LogP contribution in [0.25, 0.3) is 0 Å². The molecule has 0 aromatic heterocycles. The molecule has 0 aliphatic rings. The van der Waals surface area contributed by atoms with Crippen LogP contribution >= 0.6 is 0 Å². The topological polar surface area (TPSA) is 95.5 Å². The van der Waals surface area contributed by atoms with Gasteiger partial charge in [0.05, 0.1) is 0 Å². The Morgan fingerprint density at radius 3 is 2.56 bits per heavy atom. The van der Waals surface area contributed by atoms with Gasteiger partial charge in [-0.1, -0.05) is 12.1 Å². The Labute approximate surface area is 104 Å². The molecule has 1 aromatic carbocycles. The zero-order valence-electron chi connectivity index (χ0n) is 9.90. The van der Waals surface area contributed by atoms with E-state index in [0.717, 1.165) is 5.56 Å². The van der Waals surface area contributed by atoms with Crippen molar-refractivity contribution in [2.24, 2.45) is 0 Å². The van der Waals surface area contributed by atoms with E-state index in [1.165, 1.54) is 6.92 Å². The largest absolute Gasteiger partial charge is 0.480 e. The Kier molecular flexibility index (Phi) is 4.86. The zero-order chi connectivity index (χ0) is 13.5. The summed E-state index contributed by atoms with van der Waals surface area (Å²) in [6, 6.07) is 6.62. The van der Waals surface area contributed by atoms with Gasteiger partial charge in [-0.15, -0.1) is 0 Å². The normalized spacial score (nSPS) is 9.61. The van der Waals surface area contributed by atoms with E-state index >= 15 is 0 Å². The summed E-state index contributed by atoms with van der Waals surface area (Å²) in [5.74, 6) is -1.71. The van der Waals surface area contributed by atoms with Gasteiger partial charge in [-0.2, -0.15) is 0 Å². The van der Waals surface area contributed by atoms with E-state index in [0.29, 0.717) is 12.1 Å². The van der Waals surface area contributed by atoms with Crippen LogP contribution in [0.2, 0.25) is 0 Å². The minimum atomic E-state index is -1.10. The summed E-state index contributed by atoms with van der Waals surface area (Å²) >= 11 is 0. The lowest BCUT2D eigenvalue weighted by Crippen LogP contribution is -2.29. The van der Waals surface area contributed by atoms with E-state index in [2.05, 4.69) is 10.6 Å². The molecule has 0 atom stereocenters. The fourth-order valence-electron chi connectivity index (χ4n) is 1.31. The third-order valence-corrected chi connectivity index (χ3v) is 2.13. The molecule has 0 spiro atoms. The molecule has 0 bridgehead atoms. The summed E-state index contributed by atoms with van der Waals surface area (Å²) in [5, 5.41) is 13.3. The van der Waals surface area contributed by atoms with Crippen molar-refractivity contribution in [1.29, 1.82) is 0 Å². The van der Waals surface area contributed by atoms with Crippen LogP contribution in [0.4, 0.5) is 0 Å². The second kappa shape index (κ2) is 6.39. The van der Waals surface area contributed by atoms with E-state index in [9.17, 15) is 14.4 Å². The lowest BCUT2D eigenvalue weighted by Gasteiger charge is -2.06. The maximum absolute atomic E-state index is 11.6. The number of hydrogen-bond donors (Lipinski definition) is 3. The highest BCUT2D eigenvalue weighted by molar-refractivity contribution is 5.95. The Bertz CT molecular complexity index is 471. The van der Waals surface area contributed by atoms with E-state index in [-0.39, 0.29) is 5.91 Å². The van der Waals surface area contributed by atoms with Crippen molar-refractivity contribution in [2.75, 3.05) is 6.54 Å². The number of carbonyl (C=O) groups excluding carboxylic acids is 2. The molecule has 96 valence electrons. The van der Waals surface area contributed by atoms with Crippen molar-refractivity contribution in [3.63, 3.8) is 0 Å². The van der Waals surface area contributed by atoms with Crippen LogP contribution in [-0.2, 0) is 16.1 Å². The van der Waals surface area contributed by atoms with Crippen molar-refractivity contribution in [3.8, 4) is 0 Å². The van der Waals surface area contributed by atoms with Gasteiger partial charge >= 0.3 is 5.97 Å². The number of carboxylic acid groups (broad SMARTS) is 1. The van der Waals surface area contributed by atoms with E-state index < -0.39 is 18.4 Å². The molecule has 0 heterocycles. The molecular weight excluding hydrogens is 236 g/mol. The number of benzene rings is 1. The van der Waals surface area contributed by atoms with E-state index in [4.69, 9.17) is 5.11 Å². The quantitative estimate of drug-likeness (QED) is 0.692. The summed E-state index contributed by atoms with van der Waals surface area (Å²) in [7, 11) is 0. The standard InChI is InChI=1S/C12H14N2O4/c1-8(15)13-6-9-3-2-4-10(5-9)12(18)14-7-11(16)17/h2-5H,6-7H2,1H3,(H,13,15)(H,14,18)(H,16,17). The molecule has 1 rings (SSSR count). The van der Waals surface area contributed by atoms with Crippen LogP contribution in [0.15, 0.2) is 24.3 Å². The molecule has 0 saturated carbocycles. The lowest BCUT2D eigenvalue weighted by atomic mass is 10.1. The van der Waals surface area contributed by atoms with Crippen LogP contribution in [0.1, 0.15) is 22.8 Å². The maximum atomic E-state index is 11.6. The molecule has 0 saturated heterocycles. The Balaban J connectivity index is 2.66. The van der Waals surface area contributed by atoms with Crippen LogP contribution < -0.4 is 10.6 Å². The van der Waals surface area contributed by atoms with E-state index in [1.807, 2.05) is 0 Å². The van der Waals surface area contributed by atoms with Gasteiger partial charge in [-0.05, 0) is 17.7 Å². The van der Waals surface area contributed by atoms with Gasteiger partial charge in [-0.25, -0.2) is 0 Å². The van der Waals surface area contributed by atoms with Crippen LogP contribution in [-0.4, -0.2) is 29.4 Å². The molecule has 0 unspecified atom stereocenters. The second-order valence-corrected chi connectivity index (χ2v) is 3.69. The van der Waals surface area contributed by atoms with Gasteiger partial charge in [0.15, 0.2) is 0 Å². The first-order valence-corrected chi connectivity index (χ1v) is 5.32. The molecule has 0 aliphatic carbocycles. The highest BCUT2D eigenvalue weighted by Gasteiger charge is 2.07. The molecule has 3 N–H and O–H groups in total. The Hall–Kier alpha value is -2.37. The average Bonchev–Trinajstić information content (AvgIpc) is 2.33. The Morgan fingerprint density at radius 2 is 1.94 bits per heavy atom. The average molecular weight is 250 g/mol. The summed E-state index contributed by atoms with van der Waals surface area (Å²) < 4.78 is 0. The fraction of sp³-hybridized carbons (Fsp3) is 0.250. The molecule has 2 amide bonds. The van der Waals surface area contributed by atoms with Gasteiger partial charge in [0.25, 0.3) is 5.91 Å². The highest BCUT2D eigenvalue weighted by atomic mass is 16.4. The van der Waals surface area contributed by atoms with Crippen LogP contribution in [0, 0.1) is 0 Å². The first-order valence-electron chi connectivity index (χ1n) is 5.32. The Morgan fingerprint density at radius 1 is 1.22 bits per heavy atom. The first kappa shape index (κ1) is 13.7. The molecule has 1 aromatic rings. The van der Waals surface area contributed by atoms with Gasteiger partial charge in [0.2, 0.25) is 5.91 Å². The van der Waals surface area contributed by atoms with Gasteiger partial charge in [0, 0.05) is 19.0 Å². The minimum Gasteiger partial charge on any atom is -0.480 e. The van der Waals surface area contributed by atoms with Crippen molar-refractivity contribution in [1.82, 2.24) is 10.6 Å². The van der Waals surface area contributed by atoms with Crippen molar-refractivity contribution < 1.29 is 19.5 Å². The van der Waals surface area contributed by atoms with Gasteiger partial charge < -0.3 is 15.7 Å². The maximum Gasteiger partial charge on any atom is 0.322 e. The van der Waals surface area contributed by atoms with Crippen LogP contribution in [0.5, 0.6) is 0 Å². The monoisotopic (exact) mass is 250 g/mol. The number of amides is 2. The fourth-order valence-corrected chi connectivity index (χ4v) is 1.31. The molecule has 0 fully saturated rings. The number of aliphatic carboxylic acids is 1. The number of carbonyl (C=O) groups is 3.